The Bertz CT molecular complexity index is 1030. The van der Waals surface area contributed by atoms with Crippen LogP contribution in [0.3, 0.4) is 0 Å². The molecule has 1 aromatic heterocycles. The summed E-state index contributed by atoms with van der Waals surface area (Å²) in [6.45, 7) is 5.16. The molecule has 2 aromatic carbocycles. The third-order valence-electron chi connectivity index (χ3n) is 4.90. The van der Waals surface area contributed by atoms with Gasteiger partial charge in [-0.2, -0.15) is 18.2 Å². The van der Waals surface area contributed by atoms with Crippen LogP contribution in [0.4, 0.5) is 36.3 Å². The van der Waals surface area contributed by atoms with E-state index in [-0.39, 0.29) is 11.8 Å². The first kappa shape index (κ1) is 25.1. The lowest BCUT2D eigenvalue weighted by Gasteiger charge is -2.15. The van der Waals surface area contributed by atoms with Crippen LogP contribution in [0, 0.1) is 0 Å². The van der Waals surface area contributed by atoms with Gasteiger partial charge in [0, 0.05) is 17.6 Å². The number of benzene rings is 2. The number of nitrogens with one attached hydrogen (secondary N) is 2. The van der Waals surface area contributed by atoms with Crippen molar-refractivity contribution in [1.82, 2.24) is 9.97 Å². The highest BCUT2D eigenvalue weighted by atomic mass is 19.4. The zero-order valence-corrected chi connectivity index (χ0v) is 19.3. The smallest absolute Gasteiger partial charge is 0.421 e. The topological polar surface area (TPSA) is 68.3 Å². The second-order valence-corrected chi connectivity index (χ2v) is 7.59. The first-order chi connectivity index (χ1) is 16.4. The molecule has 2 N–H and O–H groups in total. The molecule has 0 fully saturated rings. The van der Waals surface area contributed by atoms with E-state index in [1.165, 1.54) is 12.8 Å². The molecule has 0 atom stereocenters. The van der Waals surface area contributed by atoms with Gasteiger partial charge >= 0.3 is 6.18 Å². The van der Waals surface area contributed by atoms with E-state index in [9.17, 15) is 13.2 Å². The van der Waals surface area contributed by atoms with E-state index in [0.717, 1.165) is 24.8 Å². The van der Waals surface area contributed by atoms with E-state index in [4.69, 9.17) is 9.47 Å². The van der Waals surface area contributed by atoms with Crippen molar-refractivity contribution < 1.29 is 22.6 Å². The van der Waals surface area contributed by atoms with Crippen LogP contribution < -0.4 is 20.1 Å². The normalized spacial score (nSPS) is 11.2. The molecule has 0 bridgehead atoms. The van der Waals surface area contributed by atoms with E-state index in [1.807, 2.05) is 6.92 Å². The van der Waals surface area contributed by atoms with Crippen molar-refractivity contribution in [2.75, 3.05) is 23.8 Å². The molecule has 0 unspecified atom stereocenters. The Kier molecular flexibility index (Phi) is 8.95. The van der Waals surface area contributed by atoms with Crippen LogP contribution in [-0.4, -0.2) is 23.2 Å². The summed E-state index contributed by atoms with van der Waals surface area (Å²) in [6, 6.07) is 13.7. The van der Waals surface area contributed by atoms with E-state index in [0.29, 0.717) is 30.3 Å². The Balaban J connectivity index is 1.70. The minimum Gasteiger partial charge on any atom is -0.494 e. The highest BCUT2D eigenvalue weighted by molar-refractivity contribution is 5.63. The summed E-state index contributed by atoms with van der Waals surface area (Å²) < 4.78 is 51.6. The first-order valence-electron chi connectivity index (χ1n) is 11.3. The third-order valence-corrected chi connectivity index (χ3v) is 4.90. The summed E-state index contributed by atoms with van der Waals surface area (Å²) in [7, 11) is 0. The predicted octanol–water partition coefficient (Wildman–Crippen LogP) is 7.34. The number of ether oxygens (including phenoxy) is 2. The molecule has 6 nitrogen and oxygen atoms in total. The number of unbranched alkanes of at least 4 members (excludes halogenated alkanes) is 3. The third kappa shape index (κ3) is 7.54. The van der Waals surface area contributed by atoms with Crippen molar-refractivity contribution in [2.45, 2.75) is 45.7 Å². The zero-order chi connectivity index (χ0) is 24.4. The number of anilines is 4. The molecule has 9 heteroatoms. The maximum absolute atomic E-state index is 13.5. The summed E-state index contributed by atoms with van der Waals surface area (Å²) in [6.07, 6.45) is 0.645. The predicted molar refractivity (Wildman–Crippen MR) is 127 cm³/mol. The van der Waals surface area contributed by atoms with Gasteiger partial charge in [0.1, 0.15) is 22.9 Å². The van der Waals surface area contributed by atoms with E-state index in [1.54, 1.807) is 48.5 Å². The highest BCUT2D eigenvalue weighted by Gasteiger charge is 2.35. The largest absolute Gasteiger partial charge is 0.494 e. The van der Waals surface area contributed by atoms with Crippen LogP contribution in [-0.2, 0) is 6.18 Å². The lowest BCUT2D eigenvalue weighted by Crippen LogP contribution is -2.12. The lowest BCUT2D eigenvalue weighted by atomic mass is 10.2. The number of hydrogen-bond donors (Lipinski definition) is 2. The number of rotatable bonds is 12. The SMILES string of the molecule is CCCCCCOc1ccc(Nc2ncc(C(F)(F)F)c(Nc3ccc(OCC)cc3)n2)cc1. The van der Waals surface area contributed by atoms with Gasteiger partial charge in [-0.25, -0.2) is 4.98 Å². The van der Waals surface area contributed by atoms with Gasteiger partial charge in [-0.3, -0.25) is 0 Å². The van der Waals surface area contributed by atoms with Gasteiger partial charge in [0.25, 0.3) is 0 Å². The fourth-order valence-electron chi connectivity index (χ4n) is 3.17. The van der Waals surface area contributed by atoms with E-state index >= 15 is 0 Å². The van der Waals surface area contributed by atoms with Gasteiger partial charge < -0.3 is 20.1 Å². The zero-order valence-electron chi connectivity index (χ0n) is 19.3. The summed E-state index contributed by atoms with van der Waals surface area (Å²) in [4.78, 5) is 7.92. The van der Waals surface area contributed by atoms with Crippen LogP contribution in [0.15, 0.2) is 54.7 Å². The maximum Gasteiger partial charge on any atom is 0.421 e. The molecule has 0 saturated heterocycles. The second kappa shape index (κ2) is 12.1. The van der Waals surface area contributed by atoms with E-state index < -0.39 is 11.7 Å². The number of aromatic nitrogens is 2. The molecule has 0 aliphatic carbocycles. The Hall–Kier alpha value is -3.49. The lowest BCUT2D eigenvalue weighted by molar-refractivity contribution is -0.137. The Labute approximate surface area is 197 Å². The molecule has 0 radical (unpaired) electrons. The van der Waals surface area contributed by atoms with Gasteiger partial charge in [-0.15, -0.1) is 0 Å². The van der Waals surface area contributed by atoms with Gasteiger partial charge in [0.05, 0.1) is 13.2 Å². The fourth-order valence-corrected chi connectivity index (χ4v) is 3.17. The van der Waals surface area contributed by atoms with Crippen LogP contribution in [0.5, 0.6) is 11.5 Å². The standard InChI is InChI=1S/C25H29F3N4O2/c1-3-5-6-7-16-34-21-14-10-19(11-15-21)31-24-29-17-22(25(26,27)28)23(32-24)30-18-8-12-20(13-9-18)33-4-2/h8-15,17H,3-7,16H2,1-2H3,(H2,29,30,31,32). The number of nitrogens with zero attached hydrogens (tertiary/aromatic N) is 2. The van der Waals surface area contributed by atoms with Gasteiger partial charge in [0.15, 0.2) is 0 Å². The molecule has 1 heterocycles. The van der Waals surface area contributed by atoms with Gasteiger partial charge in [-0.1, -0.05) is 26.2 Å². The first-order valence-corrected chi connectivity index (χ1v) is 11.3. The molecule has 0 saturated carbocycles. The van der Waals surface area contributed by atoms with Crippen LogP contribution in [0.1, 0.15) is 45.1 Å². The van der Waals surface area contributed by atoms with Crippen molar-refractivity contribution in [1.29, 1.82) is 0 Å². The van der Waals surface area contributed by atoms with Crippen LogP contribution in [0.2, 0.25) is 0 Å². The number of hydrogen-bond acceptors (Lipinski definition) is 6. The molecule has 0 aliphatic heterocycles. The van der Waals surface area contributed by atoms with Crippen LogP contribution >= 0.6 is 0 Å². The van der Waals surface area contributed by atoms with E-state index in [2.05, 4.69) is 27.5 Å². The summed E-state index contributed by atoms with van der Waals surface area (Å²) in [5.41, 5.74) is 0.114. The Morgan fingerprint density at radius 1 is 0.794 bits per heavy atom. The molecule has 182 valence electrons. The van der Waals surface area contributed by atoms with Crippen molar-refractivity contribution >= 4 is 23.1 Å². The molecular formula is C25H29F3N4O2. The molecule has 34 heavy (non-hydrogen) atoms. The quantitative estimate of drug-likeness (QED) is 0.268. The fraction of sp³-hybridized carbons (Fsp3) is 0.360. The second-order valence-electron chi connectivity index (χ2n) is 7.59. The molecule has 0 spiro atoms. The summed E-state index contributed by atoms with van der Waals surface area (Å²) in [5.74, 6) is 1.05. The van der Waals surface area contributed by atoms with Crippen molar-refractivity contribution in [3.05, 3.63) is 60.3 Å². The summed E-state index contributed by atoms with van der Waals surface area (Å²) >= 11 is 0. The van der Waals surface area contributed by atoms with Gasteiger partial charge in [-0.05, 0) is 61.9 Å². The minimum atomic E-state index is -4.61. The molecular weight excluding hydrogens is 445 g/mol. The molecule has 3 aromatic rings. The van der Waals surface area contributed by atoms with Crippen molar-refractivity contribution in [3.63, 3.8) is 0 Å². The average Bonchev–Trinajstić information content (AvgIpc) is 2.81. The Morgan fingerprint density at radius 2 is 1.41 bits per heavy atom. The monoisotopic (exact) mass is 474 g/mol. The van der Waals surface area contributed by atoms with Crippen molar-refractivity contribution in [2.24, 2.45) is 0 Å². The number of halogens is 3. The van der Waals surface area contributed by atoms with Crippen LogP contribution in [0.25, 0.3) is 0 Å². The average molecular weight is 475 g/mol. The maximum atomic E-state index is 13.5. The minimum absolute atomic E-state index is 0.0367. The summed E-state index contributed by atoms with van der Waals surface area (Å²) in [5, 5.41) is 5.68. The molecule has 0 aliphatic rings. The highest BCUT2D eigenvalue weighted by Crippen LogP contribution is 2.35. The Morgan fingerprint density at radius 3 is 2.00 bits per heavy atom. The van der Waals surface area contributed by atoms with Gasteiger partial charge in [0.2, 0.25) is 5.95 Å². The molecule has 3 rings (SSSR count). The molecule has 0 amide bonds. The van der Waals surface area contributed by atoms with Crippen molar-refractivity contribution in [3.8, 4) is 11.5 Å². The number of alkyl halides is 3.